The van der Waals surface area contributed by atoms with E-state index in [0.717, 1.165) is 11.1 Å². The number of hydrogen-bond donors (Lipinski definition) is 1. The number of nitrogens with zero attached hydrogens (tertiary/aromatic N) is 1. The van der Waals surface area contributed by atoms with E-state index >= 15 is 0 Å². The maximum absolute atomic E-state index is 10.4. The van der Waals surface area contributed by atoms with E-state index in [2.05, 4.69) is 4.99 Å². The molecule has 0 aliphatic rings. The number of nitrogens with two attached hydrogens (primary N) is 1. The van der Waals surface area contributed by atoms with Crippen LogP contribution >= 0.6 is 0 Å². The molecule has 0 saturated heterocycles. The number of aliphatic imine (C=N–C) groups is 1. The summed E-state index contributed by atoms with van der Waals surface area (Å²) < 4.78 is 0. The summed E-state index contributed by atoms with van der Waals surface area (Å²) in [7, 11) is 0. The molecule has 0 aromatic heterocycles. The highest BCUT2D eigenvalue weighted by atomic mass is 16.1. The highest BCUT2D eigenvalue weighted by Crippen LogP contribution is 2.27. The first-order chi connectivity index (χ1) is 7.27. The fourth-order valence-electron chi connectivity index (χ4n) is 1.48. The Kier molecular flexibility index (Phi) is 3.32. The van der Waals surface area contributed by atoms with Crippen LogP contribution in [0.3, 0.4) is 0 Å². The normalized spacial score (nSPS) is 12.1. The third-order valence-corrected chi connectivity index (χ3v) is 2.64. The third-order valence-electron chi connectivity index (χ3n) is 2.64. The van der Waals surface area contributed by atoms with Crippen LogP contribution in [0.2, 0.25) is 0 Å². The second-order valence-electron chi connectivity index (χ2n) is 5.06. The summed E-state index contributed by atoms with van der Waals surface area (Å²) in [5.41, 5.74) is 7.08. The molecule has 0 heterocycles. The molecule has 16 heavy (non-hydrogen) atoms. The number of hydrogen-bond acceptors (Lipinski definition) is 3. The van der Waals surface area contributed by atoms with Crippen molar-refractivity contribution in [1.82, 2.24) is 0 Å². The van der Waals surface area contributed by atoms with Crippen LogP contribution in [0.4, 0.5) is 0 Å². The molecule has 2 N–H and O–H groups in total. The van der Waals surface area contributed by atoms with E-state index in [4.69, 9.17) is 5.73 Å². The van der Waals surface area contributed by atoms with Crippen LogP contribution in [-0.4, -0.2) is 6.08 Å². The van der Waals surface area contributed by atoms with Gasteiger partial charge in [0.15, 0.2) is 0 Å². The van der Waals surface area contributed by atoms with Gasteiger partial charge >= 0.3 is 0 Å². The number of carbonyl (C=O) groups excluding carboxylic acids is 1. The molecule has 0 amide bonds. The summed E-state index contributed by atoms with van der Waals surface area (Å²) in [6, 6.07) is 7.84. The molecule has 86 valence electrons. The van der Waals surface area contributed by atoms with Gasteiger partial charge in [-0.25, -0.2) is 4.79 Å². The van der Waals surface area contributed by atoms with Crippen molar-refractivity contribution in [1.29, 1.82) is 0 Å². The Morgan fingerprint density at radius 2 is 1.75 bits per heavy atom. The van der Waals surface area contributed by atoms with Gasteiger partial charge in [-0.3, -0.25) is 0 Å². The molecule has 1 aromatic carbocycles. The highest BCUT2D eigenvalue weighted by Gasteiger charge is 2.22. The average Bonchev–Trinajstić information content (AvgIpc) is 2.16. The first-order valence-electron chi connectivity index (χ1n) is 5.26. The van der Waals surface area contributed by atoms with Crippen LogP contribution in [0, 0.1) is 0 Å². The van der Waals surface area contributed by atoms with Gasteiger partial charge in [-0.1, -0.05) is 24.3 Å². The van der Waals surface area contributed by atoms with Gasteiger partial charge in [-0.05, 0) is 38.8 Å². The number of isocyanates is 1. The molecule has 0 aliphatic carbocycles. The number of rotatable bonds is 3. The second-order valence-corrected chi connectivity index (χ2v) is 5.06. The predicted molar refractivity (Wildman–Crippen MR) is 64.8 cm³/mol. The summed E-state index contributed by atoms with van der Waals surface area (Å²) >= 11 is 0. The monoisotopic (exact) mass is 218 g/mol. The first kappa shape index (κ1) is 12.6. The molecule has 3 heteroatoms. The number of benzene rings is 1. The predicted octanol–water partition coefficient (Wildman–Crippen LogP) is 2.45. The van der Waals surface area contributed by atoms with E-state index in [9.17, 15) is 4.79 Å². The highest BCUT2D eigenvalue weighted by molar-refractivity contribution is 5.39. The lowest BCUT2D eigenvalue weighted by atomic mass is 9.88. The van der Waals surface area contributed by atoms with Crippen LogP contribution < -0.4 is 5.73 Å². The fraction of sp³-hybridized carbons (Fsp3) is 0.462. The Morgan fingerprint density at radius 1 is 1.19 bits per heavy atom. The Balaban J connectivity index is 3.23. The van der Waals surface area contributed by atoms with Gasteiger partial charge in [0.1, 0.15) is 0 Å². The molecule has 0 aliphatic heterocycles. The largest absolute Gasteiger partial charge is 0.322 e. The van der Waals surface area contributed by atoms with Gasteiger partial charge in [0, 0.05) is 5.54 Å². The van der Waals surface area contributed by atoms with E-state index < -0.39 is 11.1 Å². The smallest absolute Gasteiger partial charge is 0.235 e. The minimum absolute atomic E-state index is 0.392. The minimum Gasteiger partial charge on any atom is -0.322 e. The van der Waals surface area contributed by atoms with Crippen LogP contribution in [-0.2, 0) is 15.9 Å². The van der Waals surface area contributed by atoms with Crippen LogP contribution in [0.25, 0.3) is 0 Å². The van der Waals surface area contributed by atoms with Gasteiger partial charge in [0.05, 0.1) is 5.54 Å². The minimum atomic E-state index is -0.553. The zero-order valence-electron chi connectivity index (χ0n) is 10.2. The average molecular weight is 218 g/mol. The van der Waals surface area contributed by atoms with Crippen molar-refractivity contribution in [2.75, 3.05) is 0 Å². The lowest BCUT2D eigenvalue weighted by Crippen LogP contribution is -2.29. The van der Waals surface area contributed by atoms with Crippen molar-refractivity contribution in [3.8, 4) is 0 Å². The van der Waals surface area contributed by atoms with Crippen molar-refractivity contribution in [2.45, 2.75) is 38.8 Å². The summed E-state index contributed by atoms with van der Waals surface area (Å²) in [5.74, 6) is 0. The summed E-state index contributed by atoms with van der Waals surface area (Å²) in [6.07, 6.45) is 1.61. The molecular weight excluding hydrogens is 200 g/mol. The van der Waals surface area contributed by atoms with E-state index in [0.29, 0.717) is 0 Å². The van der Waals surface area contributed by atoms with Crippen LogP contribution in [0.15, 0.2) is 29.3 Å². The molecular formula is C13H18N2O. The van der Waals surface area contributed by atoms with Crippen molar-refractivity contribution in [3.63, 3.8) is 0 Å². The van der Waals surface area contributed by atoms with Crippen molar-refractivity contribution >= 4 is 6.08 Å². The van der Waals surface area contributed by atoms with Gasteiger partial charge in [0.2, 0.25) is 6.08 Å². The van der Waals surface area contributed by atoms with Crippen molar-refractivity contribution in [2.24, 2.45) is 10.7 Å². The second kappa shape index (κ2) is 4.20. The lowest BCUT2D eigenvalue weighted by molar-refractivity contribution is 0.517. The summed E-state index contributed by atoms with van der Waals surface area (Å²) in [5, 5.41) is 0. The van der Waals surface area contributed by atoms with Crippen molar-refractivity contribution in [3.05, 3.63) is 35.4 Å². The Hall–Kier alpha value is -1.44. The molecule has 0 radical (unpaired) electrons. The molecule has 0 bridgehead atoms. The molecule has 0 fully saturated rings. The van der Waals surface area contributed by atoms with Gasteiger partial charge in [-0.2, -0.15) is 4.99 Å². The molecule has 0 spiro atoms. The van der Waals surface area contributed by atoms with E-state index in [1.807, 2.05) is 52.0 Å². The first-order valence-corrected chi connectivity index (χ1v) is 5.26. The molecule has 1 aromatic rings. The van der Waals surface area contributed by atoms with Crippen LogP contribution in [0.1, 0.15) is 38.8 Å². The Labute approximate surface area is 96.4 Å². The van der Waals surface area contributed by atoms with Gasteiger partial charge < -0.3 is 5.73 Å². The zero-order valence-corrected chi connectivity index (χ0v) is 10.2. The van der Waals surface area contributed by atoms with Crippen LogP contribution in [0.5, 0.6) is 0 Å². The molecule has 0 saturated carbocycles. The Morgan fingerprint density at radius 3 is 2.25 bits per heavy atom. The van der Waals surface area contributed by atoms with Gasteiger partial charge in [-0.15, -0.1) is 0 Å². The zero-order chi connectivity index (χ0) is 12.4. The maximum Gasteiger partial charge on any atom is 0.235 e. The molecule has 0 unspecified atom stereocenters. The SMILES string of the molecule is CC(C)(N)c1cccc(C(C)(C)N=C=O)c1. The fourth-order valence-corrected chi connectivity index (χ4v) is 1.48. The molecule has 0 atom stereocenters. The Bertz CT molecular complexity index is 424. The molecule has 3 nitrogen and oxygen atoms in total. The summed E-state index contributed by atoms with van der Waals surface area (Å²) in [4.78, 5) is 14.2. The third kappa shape index (κ3) is 2.78. The van der Waals surface area contributed by atoms with E-state index in [1.54, 1.807) is 6.08 Å². The molecule has 1 rings (SSSR count). The van der Waals surface area contributed by atoms with E-state index in [-0.39, 0.29) is 0 Å². The van der Waals surface area contributed by atoms with E-state index in [1.165, 1.54) is 0 Å². The lowest BCUT2D eigenvalue weighted by Gasteiger charge is -2.23. The maximum atomic E-state index is 10.4. The van der Waals surface area contributed by atoms with Crippen molar-refractivity contribution < 1.29 is 4.79 Å². The van der Waals surface area contributed by atoms with Gasteiger partial charge in [0.25, 0.3) is 0 Å². The summed E-state index contributed by atoms with van der Waals surface area (Å²) in [6.45, 7) is 7.64. The standard InChI is InChI=1S/C13H18N2O/c1-12(2,14)10-6-5-7-11(8-10)13(3,4)15-9-16/h5-8H,14H2,1-4H3. The topological polar surface area (TPSA) is 55.4 Å². The quantitative estimate of drug-likeness (QED) is 0.626.